The second-order valence-corrected chi connectivity index (χ2v) is 3.48. The zero-order valence-corrected chi connectivity index (χ0v) is 8.41. The van der Waals surface area contributed by atoms with Gasteiger partial charge in [0.25, 0.3) is 0 Å². The first kappa shape index (κ1) is 9.23. The fourth-order valence-corrected chi connectivity index (χ4v) is 1.80. The van der Waals surface area contributed by atoms with E-state index in [4.69, 9.17) is 4.42 Å². The average Bonchev–Trinajstić information content (AvgIpc) is 2.70. The van der Waals surface area contributed by atoms with Crippen LogP contribution in [-0.2, 0) is 0 Å². The molecule has 0 amide bonds. The van der Waals surface area contributed by atoms with Gasteiger partial charge in [0.2, 0.25) is 0 Å². The summed E-state index contributed by atoms with van der Waals surface area (Å²) in [7, 11) is 0. The Hall–Kier alpha value is -1.33. The Bertz CT molecular complexity index is 370. The molecule has 0 unspecified atom stereocenters. The van der Waals surface area contributed by atoms with Gasteiger partial charge in [-0.2, -0.15) is 0 Å². The van der Waals surface area contributed by atoms with Crippen LogP contribution >= 0.6 is 11.8 Å². The Kier molecular flexibility index (Phi) is 2.51. The lowest BCUT2D eigenvalue weighted by Gasteiger charge is -2.22. The number of nitrogens with one attached hydrogen (secondary N) is 1. The quantitative estimate of drug-likeness (QED) is 0.782. The van der Waals surface area contributed by atoms with E-state index in [1.807, 2.05) is 6.26 Å². The van der Waals surface area contributed by atoms with Crippen molar-refractivity contribution in [2.24, 2.45) is 0 Å². The molecule has 0 saturated heterocycles. The molecule has 0 saturated carbocycles. The molecule has 0 fully saturated rings. The highest BCUT2D eigenvalue weighted by Crippen LogP contribution is 2.28. The normalized spacial score (nSPS) is 16.0. The van der Waals surface area contributed by atoms with Gasteiger partial charge < -0.3 is 9.73 Å². The van der Waals surface area contributed by atoms with E-state index in [0.717, 1.165) is 10.1 Å². The van der Waals surface area contributed by atoms with Crippen molar-refractivity contribution in [1.82, 2.24) is 10.4 Å². The predicted molar refractivity (Wildman–Crippen MR) is 55.0 cm³/mol. The van der Waals surface area contributed by atoms with E-state index < -0.39 is 0 Å². The Morgan fingerprint density at radius 3 is 3.07 bits per heavy atom. The molecule has 1 aliphatic heterocycles. The molecule has 0 radical (unpaired) electrons. The van der Waals surface area contributed by atoms with E-state index in [2.05, 4.69) is 5.32 Å². The van der Waals surface area contributed by atoms with Crippen LogP contribution in [0, 0.1) is 0 Å². The van der Waals surface area contributed by atoms with Crippen molar-refractivity contribution in [3.63, 3.8) is 0 Å². The smallest absolute Gasteiger partial charge is 0.155 e. The first-order chi connectivity index (χ1) is 6.83. The standard InChI is InChI=1S/C9H10N2O2S/c1-14-9-8(7-3-2-6-13-7)11(12)5-4-10-9/h2-6,10,12H,1H3. The van der Waals surface area contributed by atoms with E-state index in [-0.39, 0.29) is 0 Å². The minimum atomic E-state index is 0.630. The summed E-state index contributed by atoms with van der Waals surface area (Å²) in [6.45, 7) is 0. The fourth-order valence-electron chi connectivity index (χ4n) is 1.22. The van der Waals surface area contributed by atoms with E-state index in [9.17, 15) is 5.21 Å². The summed E-state index contributed by atoms with van der Waals surface area (Å²) in [5.41, 5.74) is 0.630. The highest BCUT2D eigenvalue weighted by molar-refractivity contribution is 8.02. The number of hydrogen-bond acceptors (Lipinski definition) is 5. The molecule has 0 bridgehead atoms. The molecule has 1 aromatic heterocycles. The van der Waals surface area contributed by atoms with Crippen LogP contribution in [0.25, 0.3) is 5.70 Å². The number of hydroxylamine groups is 2. The van der Waals surface area contributed by atoms with Gasteiger partial charge in [-0.3, -0.25) is 5.21 Å². The molecule has 4 nitrogen and oxygen atoms in total. The van der Waals surface area contributed by atoms with Gasteiger partial charge in [-0.05, 0) is 18.4 Å². The van der Waals surface area contributed by atoms with Crippen LogP contribution in [0.5, 0.6) is 0 Å². The maximum Gasteiger partial charge on any atom is 0.155 e. The lowest BCUT2D eigenvalue weighted by atomic mass is 10.3. The van der Waals surface area contributed by atoms with Crippen LogP contribution in [0.2, 0.25) is 0 Å². The first-order valence-corrected chi connectivity index (χ1v) is 5.29. The van der Waals surface area contributed by atoms with Crippen LogP contribution < -0.4 is 5.32 Å². The molecule has 14 heavy (non-hydrogen) atoms. The van der Waals surface area contributed by atoms with Crippen molar-refractivity contribution >= 4 is 17.5 Å². The second kappa shape index (κ2) is 3.81. The monoisotopic (exact) mass is 210 g/mol. The predicted octanol–water partition coefficient (Wildman–Crippen LogP) is 2.03. The molecule has 2 rings (SSSR count). The molecule has 0 atom stereocenters. The average molecular weight is 210 g/mol. The van der Waals surface area contributed by atoms with Crippen LogP contribution in [-0.4, -0.2) is 16.5 Å². The highest BCUT2D eigenvalue weighted by atomic mass is 32.2. The molecule has 0 spiro atoms. The van der Waals surface area contributed by atoms with Crippen LogP contribution in [0.4, 0.5) is 0 Å². The van der Waals surface area contributed by atoms with Gasteiger partial charge in [-0.15, -0.1) is 11.8 Å². The van der Waals surface area contributed by atoms with Gasteiger partial charge >= 0.3 is 0 Å². The summed E-state index contributed by atoms with van der Waals surface area (Å²) in [6, 6.07) is 3.59. The van der Waals surface area contributed by atoms with E-state index >= 15 is 0 Å². The summed E-state index contributed by atoms with van der Waals surface area (Å²) in [5.74, 6) is 0.633. The van der Waals surface area contributed by atoms with Crippen molar-refractivity contribution < 1.29 is 9.62 Å². The van der Waals surface area contributed by atoms with Gasteiger partial charge in [0.1, 0.15) is 10.7 Å². The Morgan fingerprint density at radius 2 is 2.43 bits per heavy atom. The number of hydrogen-bond donors (Lipinski definition) is 2. The molecule has 1 aromatic rings. The maximum absolute atomic E-state index is 9.62. The SMILES string of the molecule is CSC1=C(c2ccco2)N(O)C=CN1. The third kappa shape index (κ3) is 1.51. The molecule has 5 heteroatoms. The van der Waals surface area contributed by atoms with E-state index in [1.54, 1.807) is 24.6 Å². The zero-order chi connectivity index (χ0) is 9.97. The van der Waals surface area contributed by atoms with E-state index in [1.165, 1.54) is 18.0 Å². The maximum atomic E-state index is 9.62. The molecule has 74 valence electrons. The minimum Gasteiger partial charge on any atom is -0.463 e. The number of nitrogens with zero attached hydrogens (tertiary/aromatic N) is 1. The van der Waals surface area contributed by atoms with Crippen molar-refractivity contribution in [3.05, 3.63) is 41.6 Å². The third-order valence-corrected chi connectivity index (χ3v) is 2.55. The van der Waals surface area contributed by atoms with Crippen LogP contribution in [0.3, 0.4) is 0 Å². The fraction of sp³-hybridized carbons (Fsp3) is 0.111. The lowest BCUT2D eigenvalue weighted by Crippen LogP contribution is -2.21. The first-order valence-electron chi connectivity index (χ1n) is 4.06. The largest absolute Gasteiger partial charge is 0.463 e. The second-order valence-electron chi connectivity index (χ2n) is 2.66. The summed E-state index contributed by atoms with van der Waals surface area (Å²) in [4.78, 5) is 0. The van der Waals surface area contributed by atoms with Gasteiger partial charge in [-0.1, -0.05) is 0 Å². The Labute approximate surface area is 85.8 Å². The molecule has 0 aromatic carbocycles. The summed E-state index contributed by atoms with van der Waals surface area (Å²) in [6.07, 6.45) is 6.70. The lowest BCUT2D eigenvalue weighted by molar-refractivity contribution is 0.0206. The van der Waals surface area contributed by atoms with Crippen molar-refractivity contribution in [1.29, 1.82) is 0 Å². The van der Waals surface area contributed by atoms with Gasteiger partial charge in [0.05, 0.1) is 6.26 Å². The summed E-state index contributed by atoms with van der Waals surface area (Å²) < 4.78 is 5.23. The van der Waals surface area contributed by atoms with Crippen LogP contribution in [0.15, 0.2) is 40.2 Å². The molecular weight excluding hydrogens is 200 g/mol. The molecule has 2 heterocycles. The number of rotatable bonds is 2. The molecule has 1 aliphatic rings. The molecule has 0 aliphatic carbocycles. The van der Waals surface area contributed by atoms with Gasteiger partial charge in [0, 0.05) is 12.4 Å². The summed E-state index contributed by atoms with van der Waals surface area (Å²) >= 11 is 1.51. The third-order valence-electron chi connectivity index (χ3n) is 1.83. The van der Waals surface area contributed by atoms with Crippen molar-refractivity contribution in [3.8, 4) is 0 Å². The van der Waals surface area contributed by atoms with Crippen molar-refractivity contribution in [2.45, 2.75) is 0 Å². The number of furan rings is 1. The topological polar surface area (TPSA) is 48.6 Å². The number of thioether (sulfide) groups is 1. The van der Waals surface area contributed by atoms with Gasteiger partial charge in [-0.25, -0.2) is 5.06 Å². The Balaban J connectivity index is 2.42. The highest BCUT2D eigenvalue weighted by Gasteiger charge is 2.18. The van der Waals surface area contributed by atoms with Crippen LogP contribution in [0.1, 0.15) is 5.76 Å². The molecular formula is C9H10N2O2S. The minimum absolute atomic E-state index is 0.630. The molecule has 2 N–H and O–H groups in total. The van der Waals surface area contributed by atoms with Crippen molar-refractivity contribution in [2.75, 3.05) is 6.26 Å². The van der Waals surface area contributed by atoms with Gasteiger partial charge in [0.15, 0.2) is 5.76 Å². The van der Waals surface area contributed by atoms with E-state index in [0.29, 0.717) is 11.5 Å². The summed E-state index contributed by atoms with van der Waals surface area (Å²) in [5, 5.41) is 14.6. The Morgan fingerprint density at radius 1 is 1.57 bits per heavy atom. The zero-order valence-electron chi connectivity index (χ0n) is 7.60.